The van der Waals surface area contributed by atoms with E-state index in [1.807, 2.05) is 12.1 Å². The third kappa shape index (κ3) is 3.35. The van der Waals surface area contributed by atoms with Gasteiger partial charge in [-0.2, -0.15) is 0 Å². The van der Waals surface area contributed by atoms with E-state index in [-0.39, 0.29) is 17.8 Å². The van der Waals surface area contributed by atoms with Crippen LogP contribution < -0.4 is 24.8 Å². The number of nitrogens with one attached hydrogen (secondary N) is 2. The molecule has 0 aromatic heterocycles. The number of amides is 1. The van der Waals surface area contributed by atoms with E-state index >= 15 is 0 Å². The molecule has 1 heterocycles. The first-order chi connectivity index (χ1) is 11.2. The van der Waals surface area contributed by atoms with E-state index in [0.717, 1.165) is 0 Å². The zero-order valence-electron chi connectivity index (χ0n) is 12.3. The highest BCUT2D eigenvalue weighted by molar-refractivity contribution is 7.80. The van der Waals surface area contributed by atoms with Crippen molar-refractivity contribution in [1.82, 2.24) is 5.32 Å². The molecule has 0 aliphatic carbocycles. The molecule has 0 spiro atoms. The average Bonchev–Trinajstić information content (AvgIpc) is 3.02. The largest absolute Gasteiger partial charge is 0.495 e. The molecule has 2 aromatic rings. The summed E-state index contributed by atoms with van der Waals surface area (Å²) in [5.74, 6) is 1.46. The Morgan fingerprint density at radius 2 is 1.96 bits per heavy atom. The molecule has 0 bridgehead atoms. The minimum absolute atomic E-state index is 0.161. The van der Waals surface area contributed by atoms with Crippen LogP contribution in [0.2, 0.25) is 0 Å². The third-order valence-electron chi connectivity index (χ3n) is 3.22. The SMILES string of the molecule is COc1ccccc1NC(=S)NC(=O)c1ccc2c(c1)OCO2. The fourth-order valence-corrected chi connectivity index (χ4v) is 2.32. The summed E-state index contributed by atoms with van der Waals surface area (Å²) in [6.07, 6.45) is 0. The summed E-state index contributed by atoms with van der Waals surface area (Å²) in [5, 5.41) is 5.73. The number of carbonyl (C=O) groups is 1. The van der Waals surface area contributed by atoms with Crippen LogP contribution in [0.4, 0.5) is 5.69 Å². The summed E-state index contributed by atoms with van der Waals surface area (Å²) < 4.78 is 15.7. The van der Waals surface area contributed by atoms with Crippen molar-refractivity contribution in [3.05, 3.63) is 48.0 Å². The number of para-hydroxylation sites is 2. The zero-order valence-corrected chi connectivity index (χ0v) is 13.1. The Morgan fingerprint density at radius 3 is 2.78 bits per heavy atom. The lowest BCUT2D eigenvalue weighted by Crippen LogP contribution is -2.34. The number of thiocarbonyl (C=S) groups is 1. The predicted molar refractivity (Wildman–Crippen MR) is 89.2 cm³/mol. The van der Waals surface area contributed by atoms with Gasteiger partial charge in [-0.25, -0.2) is 0 Å². The summed E-state index contributed by atoms with van der Waals surface area (Å²) in [6, 6.07) is 12.2. The van der Waals surface area contributed by atoms with Crippen molar-refractivity contribution < 1.29 is 19.0 Å². The predicted octanol–water partition coefficient (Wildman–Crippen LogP) is 2.55. The van der Waals surface area contributed by atoms with Gasteiger partial charge in [0.25, 0.3) is 5.91 Å². The van der Waals surface area contributed by atoms with Crippen LogP contribution in [-0.2, 0) is 0 Å². The molecular formula is C16H14N2O4S. The molecule has 1 aliphatic rings. The molecule has 3 rings (SSSR count). The van der Waals surface area contributed by atoms with E-state index < -0.39 is 0 Å². The van der Waals surface area contributed by atoms with Crippen LogP contribution in [0.5, 0.6) is 17.2 Å². The van der Waals surface area contributed by atoms with Gasteiger partial charge in [0.2, 0.25) is 6.79 Å². The number of ether oxygens (including phenoxy) is 3. The summed E-state index contributed by atoms with van der Waals surface area (Å²) in [5.41, 5.74) is 1.10. The number of anilines is 1. The smallest absolute Gasteiger partial charge is 0.257 e. The van der Waals surface area contributed by atoms with Gasteiger partial charge in [0.15, 0.2) is 16.6 Å². The van der Waals surface area contributed by atoms with E-state index in [1.54, 1.807) is 37.4 Å². The van der Waals surface area contributed by atoms with Crippen molar-refractivity contribution in [2.24, 2.45) is 0 Å². The minimum Gasteiger partial charge on any atom is -0.495 e. The standard InChI is InChI=1S/C16H14N2O4S/c1-20-12-5-3-2-4-11(12)17-16(23)18-15(19)10-6-7-13-14(8-10)22-9-21-13/h2-8H,9H2,1H3,(H2,17,18,19,23). The van der Waals surface area contributed by atoms with Gasteiger partial charge in [-0.05, 0) is 42.5 Å². The van der Waals surface area contributed by atoms with Gasteiger partial charge in [-0.3, -0.25) is 10.1 Å². The number of hydrogen-bond donors (Lipinski definition) is 2. The highest BCUT2D eigenvalue weighted by Crippen LogP contribution is 2.32. The molecule has 0 saturated heterocycles. The zero-order chi connectivity index (χ0) is 16.2. The molecule has 1 amide bonds. The fourth-order valence-electron chi connectivity index (χ4n) is 2.11. The molecule has 1 aliphatic heterocycles. The summed E-state index contributed by atoms with van der Waals surface area (Å²) in [7, 11) is 1.56. The highest BCUT2D eigenvalue weighted by Gasteiger charge is 2.17. The molecular weight excluding hydrogens is 316 g/mol. The third-order valence-corrected chi connectivity index (χ3v) is 3.42. The lowest BCUT2D eigenvalue weighted by molar-refractivity contribution is 0.0977. The molecule has 6 nitrogen and oxygen atoms in total. The van der Waals surface area contributed by atoms with Crippen LogP contribution >= 0.6 is 12.2 Å². The second kappa shape index (κ2) is 6.53. The quantitative estimate of drug-likeness (QED) is 0.843. The van der Waals surface area contributed by atoms with E-state index in [2.05, 4.69) is 10.6 Å². The Bertz CT molecular complexity index is 763. The van der Waals surface area contributed by atoms with Crippen LogP contribution in [0.1, 0.15) is 10.4 Å². The second-order valence-electron chi connectivity index (χ2n) is 4.68. The van der Waals surface area contributed by atoms with Gasteiger partial charge in [0.1, 0.15) is 5.75 Å². The summed E-state index contributed by atoms with van der Waals surface area (Å²) in [6.45, 7) is 0.161. The fraction of sp³-hybridized carbons (Fsp3) is 0.125. The second-order valence-corrected chi connectivity index (χ2v) is 5.08. The van der Waals surface area contributed by atoms with Crippen molar-refractivity contribution in [3.8, 4) is 17.2 Å². The van der Waals surface area contributed by atoms with Crippen LogP contribution in [-0.4, -0.2) is 24.9 Å². The van der Waals surface area contributed by atoms with Gasteiger partial charge >= 0.3 is 0 Å². The Morgan fingerprint density at radius 1 is 1.17 bits per heavy atom. The Kier molecular flexibility index (Phi) is 4.29. The molecule has 0 atom stereocenters. The van der Waals surface area contributed by atoms with E-state index in [4.69, 9.17) is 26.4 Å². The number of rotatable bonds is 3. The van der Waals surface area contributed by atoms with Crippen molar-refractivity contribution in [2.75, 3.05) is 19.2 Å². The maximum Gasteiger partial charge on any atom is 0.257 e. The van der Waals surface area contributed by atoms with E-state index in [9.17, 15) is 4.79 Å². The Labute approximate surface area is 138 Å². The topological polar surface area (TPSA) is 68.8 Å². The van der Waals surface area contributed by atoms with Gasteiger partial charge in [-0.1, -0.05) is 12.1 Å². The molecule has 2 N–H and O–H groups in total. The number of carbonyl (C=O) groups excluding carboxylic acids is 1. The maximum atomic E-state index is 12.2. The van der Waals surface area contributed by atoms with E-state index in [0.29, 0.717) is 28.5 Å². The van der Waals surface area contributed by atoms with Crippen molar-refractivity contribution in [1.29, 1.82) is 0 Å². The number of hydrogen-bond acceptors (Lipinski definition) is 5. The van der Waals surface area contributed by atoms with Crippen LogP contribution in [0.15, 0.2) is 42.5 Å². The van der Waals surface area contributed by atoms with E-state index in [1.165, 1.54) is 0 Å². The number of fused-ring (bicyclic) bond motifs is 1. The van der Waals surface area contributed by atoms with Crippen molar-refractivity contribution >= 4 is 28.9 Å². The monoisotopic (exact) mass is 330 g/mol. The summed E-state index contributed by atoms with van der Waals surface area (Å²) >= 11 is 5.16. The molecule has 23 heavy (non-hydrogen) atoms. The first-order valence-corrected chi connectivity index (χ1v) is 7.23. The van der Waals surface area contributed by atoms with Crippen molar-refractivity contribution in [3.63, 3.8) is 0 Å². The van der Waals surface area contributed by atoms with Gasteiger partial charge in [-0.15, -0.1) is 0 Å². The Balaban J connectivity index is 1.67. The molecule has 7 heteroatoms. The van der Waals surface area contributed by atoms with Gasteiger partial charge in [0.05, 0.1) is 12.8 Å². The molecule has 2 aromatic carbocycles. The van der Waals surface area contributed by atoms with Crippen LogP contribution in [0, 0.1) is 0 Å². The maximum absolute atomic E-state index is 12.2. The van der Waals surface area contributed by atoms with Gasteiger partial charge in [0, 0.05) is 5.56 Å². The summed E-state index contributed by atoms with van der Waals surface area (Å²) in [4.78, 5) is 12.2. The number of benzene rings is 2. The molecule has 0 radical (unpaired) electrons. The lowest BCUT2D eigenvalue weighted by atomic mass is 10.2. The normalized spacial score (nSPS) is 11.7. The molecule has 0 fully saturated rings. The average molecular weight is 330 g/mol. The van der Waals surface area contributed by atoms with Crippen molar-refractivity contribution in [2.45, 2.75) is 0 Å². The highest BCUT2D eigenvalue weighted by atomic mass is 32.1. The van der Waals surface area contributed by atoms with Crippen LogP contribution in [0.3, 0.4) is 0 Å². The first kappa shape index (κ1) is 15.1. The first-order valence-electron chi connectivity index (χ1n) is 6.82. The van der Waals surface area contributed by atoms with Crippen LogP contribution in [0.25, 0.3) is 0 Å². The molecule has 0 unspecified atom stereocenters. The lowest BCUT2D eigenvalue weighted by Gasteiger charge is -2.12. The van der Waals surface area contributed by atoms with Gasteiger partial charge < -0.3 is 19.5 Å². The minimum atomic E-state index is -0.337. The molecule has 118 valence electrons. The number of methoxy groups -OCH3 is 1. The molecule has 0 saturated carbocycles. The Hall–Kier alpha value is -2.80.